The first-order valence-corrected chi connectivity index (χ1v) is 33.0. The smallest absolute Gasteiger partial charge is 0.306 e. The Labute approximate surface area is 461 Å². The minimum absolute atomic E-state index is 0.0728. The summed E-state index contributed by atoms with van der Waals surface area (Å²) in [4.78, 5) is 38.4. The van der Waals surface area contributed by atoms with E-state index in [1.165, 1.54) is 250 Å². The molecule has 0 aliphatic heterocycles. The van der Waals surface area contributed by atoms with Crippen LogP contribution in [-0.2, 0) is 28.6 Å². The van der Waals surface area contributed by atoms with Crippen LogP contribution in [0.4, 0.5) is 0 Å². The fraction of sp³-hybridized carbons (Fsp3) is 0.868. The van der Waals surface area contributed by atoms with Gasteiger partial charge in [-0.3, -0.25) is 14.4 Å². The lowest BCUT2D eigenvalue weighted by atomic mass is 10.0. The summed E-state index contributed by atoms with van der Waals surface area (Å²) in [5.74, 6) is -0.859. The summed E-state index contributed by atoms with van der Waals surface area (Å²) in [6.45, 7) is 6.68. The number of carbonyl (C=O) groups excluding carboxylic acids is 3. The highest BCUT2D eigenvalue weighted by Gasteiger charge is 2.19. The molecule has 6 nitrogen and oxygen atoms in total. The van der Waals surface area contributed by atoms with Crippen molar-refractivity contribution in [3.63, 3.8) is 0 Å². The topological polar surface area (TPSA) is 78.9 Å². The zero-order valence-corrected chi connectivity index (χ0v) is 49.9. The van der Waals surface area contributed by atoms with E-state index in [2.05, 4.69) is 57.2 Å². The zero-order chi connectivity index (χ0) is 53.6. The van der Waals surface area contributed by atoms with E-state index in [1.54, 1.807) is 0 Å². The monoisotopic (exact) mass is 1040 g/mol. The van der Waals surface area contributed by atoms with Gasteiger partial charge in [-0.05, 0) is 77.0 Å². The van der Waals surface area contributed by atoms with E-state index in [0.29, 0.717) is 19.3 Å². The van der Waals surface area contributed by atoms with E-state index < -0.39 is 6.10 Å². The maximum absolute atomic E-state index is 12.9. The van der Waals surface area contributed by atoms with Crippen LogP contribution in [0.15, 0.2) is 36.5 Å². The summed E-state index contributed by atoms with van der Waals surface area (Å²) in [5.41, 5.74) is 0. The van der Waals surface area contributed by atoms with Crippen molar-refractivity contribution in [2.45, 2.75) is 367 Å². The van der Waals surface area contributed by atoms with Gasteiger partial charge < -0.3 is 14.2 Å². The molecule has 0 spiro atoms. The zero-order valence-electron chi connectivity index (χ0n) is 49.9. The molecule has 0 radical (unpaired) electrons. The van der Waals surface area contributed by atoms with Crippen molar-refractivity contribution in [1.82, 2.24) is 0 Å². The van der Waals surface area contributed by atoms with Crippen LogP contribution in [0, 0.1) is 0 Å². The molecule has 0 aromatic rings. The van der Waals surface area contributed by atoms with Crippen LogP contribution in [0.25, 0.3) is 0 Å². The number of hydrogen-bond acceptors (Lipinski definition) is 6. The summed E-state index contributed by atoms with van der Waals surface area (Å²) < 4.78 is 17.0. The van der Waals surface area contributed by atoms with Gasteiger partial charge in [-0.15, -0.1) is 0 Å². The molecule has 0 aliphatic rings. The highest BCUT2D eigenvalue weighted by atomic mass is 16.6. The predicted octanol–water partition coefficient (Wildman–Crippen LogP) is 22.4. The van der Waals surface area contributed by atoms with Gasteiger partial charge in [0.2, 0.25) is 0 Å². The summed E-state index contributed by atoms with van der Waals surface area (Å²) >= 11 is 0. The van der Waals surface area contributed by atoms with Gasteiger partial charge in [0.1, 0.15) is 13.2 Å². The van der Waals surface area contributed by atoms with Gasteiger partial charge in [0, 0.05) is 19.3 Å². The second-order valence-corrected chi connectivity index (χ2v) is 22.4. The SMILES string of the molecule is CCCCCCC/C=C\C/C=C\CCCCCCCCCCCC(=O)OCC(COC(=O)CCCCCCC/C=C\CCCCCCCCC)OC(=O)CCCCCCCCCCCCCCCCCCCCC. The normalized spacial score (nSPS) is 12.2. The number of rotatable bonds is 61. The van der Waals surface area contributed by atoms with Crippen LogP contribution in [0.1, 0.15) is 361 Å². The highest BCUT2D eigenvalue weighted by Crippen LogP contribution is 2.17. The Bertz CT molecular complexity index is 1240. The number of unbranched alkanes of at least 4 members (excludes halogenated alkanes) is 44. The molecule has 0 amide bonds. The van der Waals surface area contributed by atoms with Crippen molar-refractivity contribution in [1.29, 1.82) is 0 Å². The summed E-state index contributed by atoms with van der Waals surface area (Å²) in [6.07, 6.45) is 77.2. The minimum Gasteiger partial charge on any atom is -0.462 e. The van der Waals surface area contributed by atoms with Gasteiger partial charge in [0.25, 0.3) is 0 Å². The molecule has 0 heterocycles. The van der Waals surface area contributed by atoms with E-state index in [0.717, 1.165) is 70.6 Å². The Balaban J connectivity index is 4.33. The van der Waals surface area contributed by atoms with Crippen LogP contribution in [0.2, 0.25) is 0 Å². The molecule has 1 atom stereocenters. The van der Waals surface area contributed by atoms with Crippen LogP contribution in [-0.4, -0.2) is 37.2 Å². The highest BCUT2D eigenvalue weighted by molar-refractivity contribution is 5.71. The molecule has 0 aromatic heterocycles. The lowest BCUT2D eigenvalue weighted by Gasteiger charge is -2.18. The van der Waals surface area contributed by atoms with Gasteiger partial charge in [-0.2, -0.15) is 0 Å². The summed E-state index contributed by atoms with van der Waals surface area (Å²) in [7, 11) is 0. The second-order valence-electron chi connectivity index (χ2n) is 22.4. The molecule has 0 aromatic carbocycles. The molecule has 0 fully saturated rings. The number of esters is 3. The van der Waals surface area contributed by atoms with E-state index in [4.69, 9.17) is 14.2 Å². The lowest BCUT2D eigenvalue weighted by Crippen LogP contribution is -2.30. The molecule has 1 unspecified atom stereocenters. The van der Waals surface area contributed by atoms with Gasteiger partial charge in [0.05, 0.1) is 0 Å². The van der Waals surface area contributed by atoms with Crippen molar-refractivity contribution >= 4 is 17.9 Å². The second kappa shape index (κ2) is 63.2. The number of carbonyl (C=O) groups is 3. The third-order valence-electron chi connectivity index (χ3n) is 14.9. The average Bonchev–Trinajstić information content (AvgIpc) is 3.40. The average molecular weight is 1040 g/mol. The van der Waals surface area contributed by atoms with Crippen molar-refractivity contribution in [2.24, 2.45) is 0 Å². The van der Waals surface area contributed by atoms with Crippen molar-refractivity contribution in [3.8, 4) is 0 Å². The Morgan fingerprint density at radius 1 is 0.270 bits per heavy atom. The Hall–Kier alpha value is -2.37. The third-order valence-corrected chi connectivity index (χ3v) is 14.9. The van der Waals surface area contributed by atoms with Crippen LogP contribution >= 0.6 is 0 Å². The van der Waals surface area contributed by atoms with Crippen molar-refractivity contribution < 1.29 is 28.6 Å². The van der Waals surface area contributed by atoms with Gasteiger partial charge in [0.15, 0.2) is 6.10 Å². The predicted molar refractivity (Wildman–Crippen MR) is 321 cm³/mol. The summed E-state index contributed by atoms with van der Waals surface area (Å²) in [5, 5.41) is 0. The number of ether oxygens (including phenoxy) is 3. The first kappa shape index (κ1) is 71.6. The molecular weight excluding hydrogens is 913 g/mol. The van der Waals surface area contributed by atoms with Gasteiger partial charge in [-0.1, -0.05) is 301 Å². The largest absolute Gasteiger partial charge is 0.462 e. The number of hydrogen-bond donors (Lipinski definition) is 0. The van der Waals surface area contributed by atoms with Crippen molar-refractivity contribution in [3.05, 3.63) is 36.5 Å². The van der Waals surface area contributed by atoms with Crippen molar-refractivity contribution in [2.75, 3.05) is 13.2 Å². The first-order chi connectivity index (χ1) is 36.5. The molecule has 6 heteroatoms. The van der Waals surface area contributed by atoms with Gasteiger partial charge in [-0.25, -0.2) is 0 Å². The van der Waals surface area contributed by atoms with Crippen LogP contribution < -0.4 is 0 Å². The fourth-order valence-corrected chi connectivity index (χ4v) is 9.88. The fourth-order valence-electron chi connectivity index (χ4n) is 9.88. The number of allylic oxidation sites excluding steroid dienone is 6. The molecule has 0 saturated carbocycles. The summed E-state index contributed by atoms with van der Waals surface area (Å²) in [6, 6.07) is 0. The third kappa shape index (κ3) is 60.5. The molecule has 0 saturated heterocycles. The Morgan fingerprint density at radius 3 is 0.757 bits per heavy atom. The van der Waals surface area contributed by atoms with E-state index >= 15 is 0 Å². The van der Waals surface area contributed by atoms with E-state index in [1.807, 2.05) is 0 Å². The molecule has 0 rings (SSSR count). The molecule has 434 valence electrons. The maximum Gasteiger partial charge on any atom is 0.306 e. The lowest BCUT2D eigenvalue weighted by molar-refractivity contribution is -0.167. The molecule has 74 heavy (non-hydrogen) atoms. The Kier molecular flexibility index (Phi) is 61.1. The first-order valence-electron chi connectivity index (χ1n) is 33.0. The van der Waals surface area contributed by atoms with Crippen LogP contribution in [0.3, 0.4) is 0 Å². The van der Waals surface area contributed by atoms with Gasteiger partial charge >= 0.3 is 17.9 Å². The maximum atomic E-state index is 12.9. The molecule has 0 N–H and O–H groups in total. The molecule has 0 bridgehead atoms. The Morgan fingerprint density at radius 2 is 0.486 bits per heavy atom. The quantitative estimate of drug-likeness (QED) is 0.0261. The standard InChI is InChI=1S/C68H126O6/c1-4-7-10-13-16-19-22-25-28-31-33-34-36-37-40-43-46-49-52-55-58-61-67(70)73-64-65(63-72-66(69)60-57-54-51-48-45-42-39-30-27-24-21-18-15-12-9-6-3)74-68(71)62-59-56-53-50-47-44-41-38-35-32-29-26-23-20-17-14-11-8-5-2/h22,25,30-31,33,39,65H,4-21,23-24,26-29,32,34-38,40-64H2,1-3H3/b25-22-,33-31-,39-30-. The molecule has 0 aliphatic carbocycles. The van der Waals surface area contributed by atoms with E-state index in [-0.39, 0.29) is 31.1 Å². The van der Waals surface area contributed by atoms with Crippen LogP contribution in [0.5, 0.6) is 0 Å². The van der Waals surface area contributed by atoms with E-state index in [9.17, 15) is 14.4 Å². The molecular formula is C68H126O6. The minimum atomic E-state index is -0.775.